The Morgan fingerprint density at radius 2 is 2.08 bits per heavy atom. The van der Waals surface area contributed by atoms with Gasteiger partial charge in [-0.2, -0.15) is 0 Å². The number of fused-ring (bicyclic) bond motifs is 1. The summed E-state index contributed by atoms with van der Waals surface area (Å²) in [4.78, 5) is 0. The van der Waals surface area contributed by atoms with Gasteiger partial charge in [0.1, 0.15) is 0 Å². The Labute approximate surface area is 73.6 Å². The number of aryl methyl sites for hydroxylation is 1. The molecule has 0 bridgehead atoms. The first kappa shape index (κ1) is 9.07. The summed E-state index contributed by atoms with van der Waals surface area (Å²) < 4.78 is 0. The van der Waals surface area contributed by atoms with Crippen LogP contribution in [0.1, 0.15) is 18.9 Å². The highest BCUT2D eigenvalue weighted by molar-refractivity contribution is 5.53. The van der Waals surface area contributed by atoms with Crippen LogP contribution in [0.15, 0.2) is 24.3 Å². The fraction of sp³-hybridized carbons (Fsp3) is 0.400. The van der Waals surface area contributed by atoms with E-state index in [0.717, 1.165) is 0 Å². The van der Waals surface area contributed by atoms with E-state index >= 15 is 0 Å². The van der Waals surface area contributed by atoms with Gasteiger partial charge in [0.25, 0.3) is 0 Å². The molecule has 12 heavy (non-hydrogen) atoms. The van der Waals surface area contributed by atoms with E-state index in [2.05, 4.69) is 36.5 Å². The van der Waals surface area contributed by atoms with Crippen molar-refractivity contribution in [3.63, 3.8) is 0 Å². The molecule has 0 aromatic heterocycles. The largest absolute Gasteiger partial charge is 0.382 e. The second-order valence-electron chi connectivity index (χ2n) is 3.24. The zero-order valence-electron chi connectivity index (χ0n) is 7.51. The molecule has 1 aliphatic heterocycles. The number of hydrogen-bond acceptors (Lipinski definition) is 2. The van der Waals surface area contributed by atoms with E-state index in [1.54, 1.807) is 0 Å². The summed E-state index contributed by atoms with van der Waals surface area (Å²) in [5, 5.41) is 3.46. The maximum atomic E-state index is 3.46. The molecule has 4 N–H and O–H groups in total. The van der Waals surface area contributed by atoms with Crippen molar-refractivity contribution in [3.05, 3.63) is 29.8 Å². The van der Waals surface area contributed by atoms with Crippen LogP contribution in [0.4, 0.5) is 5.69 Å². The van der Waals surface area contributed by atoms with Crippen molar-refractivity contribution in [2.75, 3.05) is 5.32 Å². The Hall–Kier alpha value is -1.02. The monoisotopic (exact) mass is 164 g/mol. The van der Waals surface area contributed by atoms with E-state index in [9.17, 15) is 0 Å². The minimum atomic E-state index is 0. The Balaban J connectivity index is 0.000000720. The van der Waals surface area contributed by atoms with Gasteiger partial charge in [-0.25, -0.2) is 0 Å². The molecule has 0 saturated carbocycles. The van der Waals surface area contributed by atoms with Crippen LogP contribution >= 0.6 is 0 Å². The number of benzene rings is 1. The molecule has 1 aromatic carbocycles. The first-order chi connectivity index (χ1) is 5.36. The zero-order chi connectivity index (χ0) is 7.68. The SMILES string of the molecule is CC1CCc2ccccc2N1.N. The van der Waals surface area contributed by atoms with Gasteiger partial charge in [-0.15, -0.1) is 0 Å². The van der Waals surface area contributed by atoms with Gasteiger partial charge in [0, 0.05) is 11.7 Å². The molecular formula is C10H16N2. The van der Waals surface area contributed by atoms with Gasteiger partial charge < -0.3 is 11.5 Å². The van der Waals surface area contributed by atoms with Crippen molar-refractivity contribution in [2.24, 2.45) is 0 Å². The molecule has 1 unspecified atom stereocenters. The Bertz CT molecular complexity index is 258. The first-order valence-electron chi connectivity index (χ1n) is 4.21. The lowest BCUT2D eigenvalue weighted by atomic mass is 9.99. The van der Waals surface area contributed by atoms with Crippen LogP contribution < -0.4 is 11.5 Å². The summed E-state index contributed by atoms with van der Waals surface area (Å²) in [6.07, 6.45) is 2.49. The molecule has 0 spiro atoms. The third kappa shape index (κ3) is 1.59. The van der Waals surface area contributed by atoms with Crippen molar-refractivity contribution in [1.29, 1.82) is 0 Å². The van der Waals surface area contributed by atoms with Crippen LogP contribution in [0.3, 0.4) is 0 Å². The van der Waals surface area contributed by atoms with Gasteiger partial charge in [-0.3, -0.25) is 0 Å². The van der Waals surface area contributed by atoms with E-state index in [-0.39, 0.29) is 6.15 Å². The molecule has 66 valence electrons. The molecule has 0 radical (unpaired) electrons. The van der Waals surface area contributed by atoms with Crippen LogP contribution in [0, 0.1) is 0 Å². The van der Waals surface area contributed by atoms with Gasteiger partial charge in [0.2, 0.25) is 0 Å². The third-order valence-corrected chi connectivity index (χ3v) is 2.27. The number of nitrogens with one attached hydrogen (secondary N) is 1. The fourth-order valence-electron chi connectivity index (χ4n) is 1.59. The molecule has 0 saturated heterocycles. The van der Waals surface area contributed by atoms with Crippen molar-refractivity contribution in [1.82, 2.24) is 6.15 Å². The smallest absolute Gasteiger partial charge is 0.0374 e. The summed E-state index contributed by atoms with van der Waals surface area (Å²) in [5.41, 5.74) is 2.79. The first-order valence-corrected chi connectivity index (χ1v) is 4.21. The molecule has 0 aliphatic carbocycles. The van der Waals surface area contributed by atoms with Crippen molar-refractivity contribution in [3.8, 4) is 0 Å². The summed E-state index contributed by atoms with van der Waals surface area (Å²) in [6, 6.07) is 9.20. The third-order valence-electron chi connectivity index (χ3n) is 2.27. The van der Waals surface area contributed by atoms with Gasteiger partial charge in [0.15, 0.2) is 0 Å². The van der Waals surface area contributed by atoms with Gasteiger partial charge in [0.05, 0.1) is 0 Å². The van der Waals surface area contributed by atoms with Crippen molar-refractivity contribution in [2.45, 2.75) is 25.8 Å². The van der Waals surface area contributed by atoms with E-state index in [4.69, 9.17) is 0 Å². The number of hydrogen-bond donors (Lipinski definition) is 2. The Morgan fingerprint density at radius 1 is 1.33 bits per heavy atom. The second-order valence-corrected chi connectivity index (χ2v) is 3.24. The minimum absolute atomic E-state index is 0. The highest BCUT2D eigenvalue weighted by atomic mass is 14.9. The second kappa shape index (κ2) is 3.59. The molecule has 1 aliphatic rings. The van der Waals surface area contributed by atoms with Crippen LogP contribution in [0.2, 0.25) is 0 Å². The van der Waals surface area contributed by atoms with Gasteiger partial charge in [-0.1, -0.05) is 18.2 Å². The normalized spacial score (nSPS) is 20.2. The summed E-state index contributed by atoms with van der Waals surface area (Å²) in [6.45, 7) is 2.23. The molecule has 2 nitrogen and oxygen atoms in total. The lowest BCUT2D eigenvalue weighted by Gasteiger charge is -2.23. The Kier molecular flexibility index (Phi) is 2.71. The predicted molar refractivity (Wildman–Crippen MR) is 52.9 cm³/mol. The quantitative estimate of drug-likeness (QED) is 0.619. The van der Waals surface area contributed by atoms with Crippen LogP contribution in [-0.4, -0.2) is 6.04 Å². The predicted octanol–water partition coefficient (Wildman–Crippen LogP) is 2.60. The van der Waals surface area contributed by atoms with E-state index < -0.39 is 0 Å². The van der Waals surface area contributed by atoms with Crippen LogP contribution in [0.25, 0.3) is 0 Å². The van der Waals surface area contributed by atoms with Crippen molar-refractivity contribution < 1.29 is 0 Å². The average molecular weight is 164 g/mol. The molecule has 1 heterocycles. The zero-order valence-corrected chi connectivity index (χ0v) is 7.51. The van der Waals surface area contributed by atoms with Gasteiger partial charge in [-0.05, 0) is 31.4 Å². The van der Waals surface area contributed by atoms with E-state index in [1.165, 1.54) is 24.1 Å². The van der Waals surface area contributed by atoms with Crippen molar-refractivity contribution >= 4 is 5.69 Å². The summed E-state index contributed by atoms with van der Waals surface area (Å²) in [7, 11) is 0. The molecule has 1 atom stereocenters. The topological polar surface area (TPSA) is 47.0 Å². The minimum Gasteiger partial charge on any atom is -0.382 e. The summed E-state index contributed by atoms with van der Waals surface area (Å²) >= 11 is 0. The molecule has 0 amide bonds. The molecule has 1 aromatic rings. The highest BCUT2D eigenvalue weighted by Crippen LogP contribution is 2.23. The fourth-order valence-corrected chi connectivity index (χ4v) is 1.59. The Morgan fingerprint density at radius 3 is 2.92 bits per heavy atom. The van der Waals surface area contributed by atoms with E-state index in [0.29, 0.717) is 6.04 Å². The number of anilines is 1. The molecular weight excluding hydrogens is 148 g/mol. The number of para-hydroxylation sites is 1. The number of rotatable bonds is 0. The summed E-state index contributed by atoms with van der Waals surface area (Å²) in [5.74, 6) is 0. The lowest BCUT2D eigenvalue weighted by molar-refractivity contribution is 0.681. The molecule has 0 fully saturated rings. The molecule has 2 rings (SSSR count). The lowest BCUT2D eigenvalue weighted by Crippen LogP contribution is -2.21. The van der Waals surface area contributed by atoms with Crippen LogP contribution in [-0.2, 0) is 6.42 Å². The maximum absolute atomic E-state index is 3.46. The maximum Gasteiger partial charge on any atom is 0.0374 e. The molecule has 2 heteroatoms. The average Bonchev–Trinajstić information content (AvgIpc) is 2.04. The van der Waals surface area contributed by atoms with Crippen LogP contribution in [0.5, 0.6) is 0 Å². The highest BCUT2D eigenvalue weighted by Gasteiger charge is 2.11. The van der Waals surface area contributed by atoms with E-state index in [1.807, 2.05) is 0 Å². The van der Waals surface area contributed by atoms with Gasteiger partial charge >= 0.3 is 0 Å². The standard InChI is InChI=1S/C10H13N.H3N/c1-8-6-7-9-4-2-3-5-10(9)11-8;/h2-5,8,11H,6-7H2,1H3;1H3.